The van der Waals surface area contributed by atoms with Gasteiger partial charge in [0.05, 0.1) is 20.1 Å². The van der Waals surface area contributed by atoms with Crippen LogP contribution in [0, 0.1) is 0 Å². The molecule has 0 aliphatic carbocycles. The number of halogens is 1. The van der Waals surface area contributed by atoms with E-state index in [9.17, 15) is 9.59 Å². The zero-order valence-corrected chi connectivity index (χ0v) is 14.7. The minimum absolute atomic E-state index is 0.237. The van der Waals surface area contributed by atoms with Crippen LogP contribution in [0.4, 0.5) is 0 Å². The van der Waals surface area contributed by atoms with Crippen molar-refractivity contribution in [3.63, 3.8) is 0 Å². The Kier molecular flexibility index (Phi) is 6.82. The lowest BCUT2D eigenvalue weighted by molar-refractivity contribution is -0.147. The Bertz CT molecular complexity index is 629. The van der Waals surface area contributed by atoms with E-state index in [1.807, 2.05) is 29.2 Å². The fourth-order valence-electron chi connectivity index (χ4n) is 2.87. The standard InChI is InChI=1S/C18H22ClNO4/c1-3-24-16(21)11-13-7-6-10-20(12-13)17(18(22)23-2)14-8-4-5-9-15(14)19/h4-5,7-9,17H,3,6,10-12H2,1-2H3/t17-/m0/s1. The predicted octanol–water partition coefficient (Wildman–Crippen LogP) is 3.14. The average molecular weight is 352 g/mol. The first-order valence-electron chi connectivity index (χ1n) is 7.96. The van der Waals surface area contributed by atoms with Crippen LogP contribution in [0.5, 0.6) is 0 Å². The van der Waals surface area contributed by atoms with Gasteiger partial charge in [0.15, 0.2) is 0 Å². The number of hydrogen-bond acceptors (Lipinski definition) is 5. The predicted molar refractivity (Wildman–Crippen MR) is 91.7 cm³/mol. The summed E-state index contributed by atoms with van der Waals surface area (Å²) in [5.41, 5.74) is 1.66. The number of rotatable bonds is 6. The number of hydrogen-bond donors (Lipinski definition) is 0. The number of esters is 2. The molecular formula is C18H22ClNO4. The third-order valence-electron chi connectivity index (χ3n) is 3.92. The number of carbonyl (C=O) groups is 2. The molecule has 0 bridgehead atoms. The van der Waals surface area contributed by atoms with Crippen LogP contribution in [0.1, 0.15) is 31.4 Å². The van der Waals surface area contributed by atoms with Gasteiger partial charge < -0.3 is 9.47 Å². The van der Waals surface area contributed by atoms with Crippen LogP contribution in [0.15, 0.2) is 35.9 Å². The summed E-state index contributed by atoms with van der Waals surface area (Å²) >= 11 is 6.28. The Morgan fingerprint density at radius 2 is 2.08 bits per heavy atom. The van der Waals surface area contributed by atoms with Gasteiger partial charge in [0, 0.05) is 18.1 Å². The molecule has 2 rings (SSSR count). The molecule has 1 aromatic rings. The molecule has 5 nitrogen and oxygen atoms in total. The molecule has 24 heavy (non-hydrogen) atoms. The lowest BCUT2D eigenvalue weighted by atomic mass is 10.00. The van der Waals surface area contributed by atoms with Crippen molar-refractivity contribution < 1.29 is 19.1 Å². The molecule has 0 saturated carbocycles. The Morgan fingerprint density at radius 3 is 2.75 bits per heavy atom. The van der Waals surface area contributed by atoms with Gasteiger partial charge in [0.1, 0.15) is 6.04 Å². The summed E-state index contributed by atoms with van der Waals surface area (Å²) < 4.78 is 9.98. The van der Waals surface area contributed by atoms with E-state index >= 15 is 0 Å². The monoisotopic (exact) mass is 351 g/mol. The van der Waals surface area contributed by atoms with Crippen LogP contribution in [0.3, 0.4) is 0 Å². The maximum atomic E-state index is 12.4. The molecule has 0 fully saturated rings. The fourth-order valence-corrected chi connectivity index (χ4v) is 3.11. The molecule has 0 amide bonds. The average Bonchev–Trinajstić information content (AvgIpc) is 2.57. The summed E-state index contributed by atoms with van der Waals surface area (Å²) in [6.07, 6.45) is 3.03. The number of ether oxygens (including phenoxy) is 2. The third-order valence-corrected chi connectivity index (χ3v) is 4.27. The highest BCUT2D eigenvalue weighted by Crippen LogP contribution is 2.31. The molecule has 1 atom stereocenters. The van der Waals surface area contributed by atoms with Crippen molar-refractivity contribution in [1.82, 2.24) is 4.90 Å². The fraction of sp³-hybridized carbons (Fsp3) is 0.444. The van der Waals surface area contributed by atoms with Gasteiger partial charge in [-0.3, -0.25) is 9.69 Å². The molecule has 1 aliphatic heterocycles. The molecule has 1 aliphatic rings. The Hall–Kier alpha value is -1.85. The van der Waals surface area contributed by atoms with Gasteiger partial charge in [0.2, 0.25) is 0 Å². The topological polar surface area (TPSA) is 55.8 Å². The van der Waals surface area contributed by atoms with E-state index in [4.69, 9.17) is 21.1 Å². The molecule has 1 heterocycles. The molecule has 6 heteroatoms. The van der Waals surface area contributed by atoms with Gasteiger partial charge in [-0.05, 0) is 30.5 Å². The summed E-state index contributed by atoms with van der Waals surface area (Å²) in [4.78, 5) is 26.1. The van der Waals surface area contributed by atoms with Crippen molar-refractivity contribution in [1.29, 1.82) is 0 Å². The van der Waals surface area contributed by atoms with E-state index < -0.39 is 6.04 Å². The minimum atomic E-state index is -0.588. The zero-order valence-electron chi connectivity index (χ0n) is 14.0. The van der Waals surface area contributed by atoms with Crippen molar-refractivity contribution in [3.8, 4) is 0 Å². The van der Waals surface area contributed by atoms with Crippen molar-refractivity contribution in [2.45, 2.75) is 25.8 Å². The zero-order chi connectivity index (χ0) is 17.5. The quantitative estimate of drug-likeness (QED) is 0.582. The molecule has 0 radical (unpaired) electrons. The highest BCUT2D eigenvalue weighted by atomic mass is 35.5. The second kappa shape index (κ2) is 8.85. The highest BCUT2D eigenvalue weighted by Gasteiger charge is 2.32. The smallest absolute Gasteiger partial charge is 0.327 e. The molecule has 0 N–H and O–H groups in total. The van der Waals surface area contributed by atoms with E-state index in [0.717, 1.165) is 12.0 Å². The van der Waals surface area contributed by atoms with Gasteiger partial charge in [0.25, 0.3) is 0 Å². The van der Waals surface area contributed by atoms with Crippen molar-refractivity contribution in [3.05, 3.63) is 46.5 Å². The second-order valence-electron chi connectivity index (χ2n) is 5.55. The Morgan fingerprint density at radius 1 is 1.33 bits per heavy atom. The molecule has 1 aromatic carbocycles. The van der Waals surface area contributed by atoms with Crippen LogP contribution >= 0.6 is 11.6 Å². The molecule has 0 aromatic heterocycles. The summed E-state index contributed by atoms with van der Waals surface area (Å²) in [5, 5.41) is 0.523. The molecule has 0 spiro atoms. The summed E-state index contributed by atoms with van der Waals surface area (Å²) in [5.74, 6) is -0.613. The first-order valence-corrected chi connectivity index (χ1v) is 8.34. The molecule has 0 saturated heterocycles. The molecular weight excluding hydrogens is 330 g/mol. The number of carbonyl (C=O) groups excluding carboxylic acids is 2. The van der Waals surface area contributed by atoms with E-state index in [1.165, 1.54) is 7.11 Å². The van der Waals surface area contributed by atoms with Crippen molar-refractivity contribution in [2.75, 3.05) is 26.8 Å². The molecule has 130 valence electrons. The lowest BCUT2D eigenvalue weighted by Crippen LogP contribution is -2.39. The van der Waals surface area contributed by atoms with E-state index in [2.05, 4.69) is 0 Å². The van der Waals surface area contributed by atoms with Gasteiger partial charge in [-0.15, -0.1) is 0 Å². The van der Waals surface area contributed by atoms with Crippen LogP contribution in [-0.2, 0) is 19.1 Å². The Balaban J connectivity index is 2.19. The number of benzene rings is 1. The number of nitrogens with zero attached hydrogens (tertiary/aromatic N) is 1. The maximum Gasteiger partial charge on any atom is 0.327 e. The Labute approximate surface area is 147 Å². The van der Waals surface area contributed by atoms with Gasteiger partial charge in [-0.1, -0.05) is 35.9 Å². The van der Waals surface area contributed by atoms with E-state index in [0.29, 0.717) is 30.3 Å². The minimum Gasteiger partial charge on any atom is -0.468 e. The summed E-state index contributed by atoms with van der Waals surface area (Å²) in [7, 11) is 1.37. The van der Waals surface area contributed by atoms with Gasteiger partial charge in [-0.25, -0.2) is 4.79 Å². The van der Waals surface area contributed by atoms with Crippen LogP contribution in [-0.4, -0.2) is 43.6 Å². The van der Waals surface area contributed by atoms with Crippen LogP contribution in [0.25, 0.3) is 0 Å². The number of methoxy groups -OCH3 is 1. The van der Waals surface area contributed by atoms with Crippen molar-refractivity contribution in [2.24, 2.45) is 0 Å². The molecule has 0 unspecified atom stereocenters. The first kappa shape index (κ1) is 18.5. The first-order chi connectivity index (χ1) is 11.6. The van der Waals surface area contributed by atoms with Crippen LogP contribution < -0.4 is 0 Å². The van der Waals surface area contributed by atoms with Crippen LogP contribution in [0.2, 0.25) is 5.02 Å². The maximum absolute atomic E-state index is 12.4. The largest absolute Gasteiger partial charge is 0.468 e. The summed E-state index contributed by atoms with van der Waals surface area (Å²) in [6.45, 7) is 3.34. The normalized spacial score (nSPS) is 16.2. The second-order valence-corrected chi connectivity index (χ2v) is 5.96. The third kappa shape index (κ3) is 4.58. The van der Waals surface area contributed by atoms with Gasteiger partial charge in [-0.2, -0.15) is 0 Å². The summed E-state index contributed by atoms with van der Waals surface area (Å²) in [6, 6.07) is 6.66. The SMILES string of the molecule is CCOC(=O)CC1=CCCN([C@H](C(=O)OC)c2ccccc2Cl)C1. The lowest BCUT2D eigenvalue weighted by Gasteiger charge is -2.33. The van der Waals surface area contributed by atoms with E-state index in [1.54, 1.807) is 13.0 Å². The highest BCUT2D eigenvalue weighted by molar-refractivity contribution is 6.31. The van der Waals surface area contributed by atoms with Crippen molar-refractivity contribution >= 4 is 23.5 Å². The van der Waals surface area contributed by atoms with Gasteiger partial charge >= 0.3 is 11.9 Å². The van der Waals surface area contributed by atoms with E-state index in [-0.39, 0.29) is 18.4 Å².